The molecule has 6 heteroatoms. The van der Waals surface area contributed by atoms with E-state index in [4.69, 9.17) is 0 Å². The maximum Gasteiger partial charge on any atom is 0.248 e. The predicted octanol–water partition coefficient (Wildman–Crippen LogP) is 2.20. The molecule has 0 saturated heterocycles. The van der Waals surface area contributed by atoms with Crippen LogP contribution in [-0.2, 0) is 6.42 Å². The lowest BCUT2D eigenvalue weighted by Gasteiger charge is -2.19. The van der Waals surface area contributed by atoms with Crippen molar-refractivity contribution in [3.63, 3.8) is 0 Å². The van der Waals surface area contributed by atoms with Gasteiger partial charge in [-0.15, -0.1) is 0 Å². The van der Waals surface area contributed by atoms with Gasteiger partial charge in [0.2, 0.25) is 5.56 Å². The van der Waals surface area contributed by atoms with Crippen molar-refractivity contribution in [2.45, 2.75) is 18.9 Å². The minimum Gasteiger partial charge on any atom is -0.508 e. The number of para-hydroxylation sites is 1. The molecule has 0 fully saturated rings. The standard InChI is InChI=1S/C20H22N2O4/c23-12-16(21-11-3-5-13-4-1-2-6-17(13)24)14-7-9-18(25)20-15(14)8-10-19(26)22-20/h1-2,4,6-10,16,21,23-25H,3,5,11-12H2,(H,22,26). The molecule has 0 aliphatic carbocycles. The molecule has 0 spiro atoms. The Balaban J connectivity index is 1.71. The van der Waals surface area contributed by atoms with Crippen LogP contribution >= 0.6 is 0 Å². The minimum absolute atomic E-state index is 0.00214. The van der Waals surface area contributed by atoms with E-state index in [1.165, 1.54) is 12.1 Å². The number of aromatic hydroxyl groups is 2. The Hall–Kier alpha value is -2.83. The monoisotopic (exact) mass is 354 g/mol. The average molecular weight is 354 g/mol. The molecular weight excluding hydrogens is 332 g/mol. The van der Waals surface area contributed by atoms with Gasteiger partial charge >= 0.3 is 0 Å². The van der Waals surface area contributed by atoms with E-state index >= 15 is 0 Å². The van der Waals surface area contributed by atoms with Gasteiger partial charge in [-0.25, -0.2) is 0 Å². The van der Waals surface area contributed by atoms with Gasteiger partial charge in [0.15, 0.2) is 0 Å². The number of aromatic nitrogens is 1. The van der Waals surface area contributed by atoms with E-state index in [9.17, 15) is 20.1 Å². The lowest BCUT2D eigenvalue weighted by molar-refractivity contribution is 0.245. The molecule has 5 N–H and O–H groups in total. The second-order valence-electron chi connectivity index (χ2n) is 6.21. The summed E-state index contributed by atoms with van der Waals surface area (Å²) in [5, 5.41) is 33.5. The van der Waals surface area contributed by atoms with Crippen LogP contribution in [0.3, 0.4) is 0 Å². The molecule has 3 rings (SSSR count). The molecule has 2 aromatic carbocycles. The molecule has 26 heavy (non-hydrogen) atoms. The fourth-order valence-corrected chi connectivity index (χ4v) is 3.11. The quantitative estimate of drug-likeness (QED) is 0.418. The van der Waals surface area contributed by atoms with Crippen molar-refractivity contribution in [2.75, 3.05) is 13.2 Å². The number of aryl methyl sites for hydroxylation is 1. The minimum atomic E-state index is -0.326. The highest BCUT2D eigenvalue weighted by Crippen LogP contribution is 2.28. The number of aromatic amines is 1. The molecular formula is C20H22N2O4. The molecule has 3 aromatic rings. The summed E-state index contributed by atoms with van der Waals surface area (Å²) in [6, 6.07) is 13.2. The van der Waals surface area contributed by atoms with Gasteiger partial charge in [-0.2, -0.15) is 0 Å². The first-order chi connectivity index (χ1) is 12.6. The van der Waals surface area contributed by atoms with Crippen LogP contribution in [0.1, 0.15) is 23.6 Å². The molecule has 1 atom stereocenters. The van der Waals surface area contributed by atoms with Crippen LogP contribution in [0.5, 0.6) is 11.5 Å². The Morgan fingerprint density at radius 2 is 1.81 bits per heavy atom. The van der Waals surface area contributed by atoms with Gasteiger partial charge in [-0.1, -0.05) is 24.3 Å². The first-order valence-electron chi connectivity index (χ1n) is 8.56. The van der Waals surface area contributed by atoms with Gasteiger partial charge < -0.3 is 25.6 Å². The van der Waals surface area contributed by atoms with Crippen LogP contribution in [0, 0.1) is 0 Å². The number of hydrogen-bond donors (Lipinski definition) is 5. The summed E-state index contributed by atoms with van der Waals surface area (Å²) in [6.45, 7) is 0.529. The molecule has 1 aromatic heterocycles. The van der Waals surface area contributed by atoms with E-state index in [1.54, 1.807) is 24.3 Å². The molecule has 0 radical (unpaired) electrons. The zero-order valence-electron chi connectivity index (χ0n) is 14.3. The zero-order chi connectivity index (χ0) is 18.5. The number of aliphatic hydroxyl groups excluding tert-OH is 1. The number of H-pyrrole nitrogens is 1. The summed E-state index contributed by atoms with van der Waals surface area (Å²) in [5.41, 5.74) is 1.77. The van der Waals surface area contributed by atoms with Crippen molar-refractivity contribution in [3.8, 4) is 11.5 Å². The van der Waals surface area contributed by atoms with Crippen LogP contribution in [0.25, 0.3) is 10.9 Å². The van der Waals surface area contributed by atoms with Gasteiger partial charge in [0.05, 0.1) is 18.2 Å². The van der Waals surface area contributed by atoms with E-state index in [0.717, 1.165) is 24.0 Å². The Morgan fingerprint density at radius 1 is 1.00 bits per heavy atom. The number of hydrogen-bond acceptors (Lipinski definition) is 5. The second-order valence-corrected chi connectivity index (χ2v) is 6.21. The van der Waals surface area contributed by atoms with E-state index in [-0.39, 0.29) is 24.0 Å². The van der Waals surface area contributed by atoms with Crippen LogP contribution < -0.4 is 10.9 Å². The summed E-state index contributed by atoms with van der Waals surface area (Å²) in [4.78, 5) is 14.1. The van der Waals surface area contributed by atoms with Crippen molar-refractivity contribution in [3.05, 3.63) is 70.0 Å². The number of benzene rings is 2. The zero-order valence-corrected chi connectivity index (χ0v) is 14.3. The third kappa shape index (κ3) is 3.87. The Bertz CT molecular complexity index is 952. The van der Waals surface area contributed by atoms with Crippen LogP contribution in [0.15, 0.2) is 53.3 Å². The predicted molar refractivity (Wildman–Crippen MR) is 100 cm³/mol. The molecule has 0 amide bonds. The molecule has 0 saturated carbocycles. The number of fused-ring (bicyclic) bond motifs is 1. The van der Waals surface area contributed by atoms with Gasteiger partial charge in [-0.05, 0) is 48.7 Å². The lowest BCUT2D eigenvalue weighted by Crippen LogP contribution is -2.26. The number of rotatable bonds is 7. The van der Waals surface area contributed by atoms with Crippen molar-refractivity contribution < 1.29 is 15.3 Å². The molecule has 0 aliphatic rings. The Kier molecular flexibility index (Phi) is 5.55. The first-order valence-corrected chi connectivity index (χ1v) is 8.56. The summed E-state index contributed by atoms with van der Waals surface area (Å²) >= 11 is 0. The highest BCUT2D eigenvalue weighted by Gasteiger charge is 2.15. The molecule has 1 heterocycles. The smallest absolute Gasteiger partial charge is 0.248 e. The number of phenols is 2. The van der Waals surface area contributed by atoms with Gasteiger partial charge in [0, 0.05) is 11.5 Å². The molecule has 6 nitrogen and oxygen atoms in total. The third-order valence-electron chi connectivity index (χ3n) is 4.47. The maximum atomic E-state index is 11.5. The van der Waals surface area contributed by atoms with E-state index in [1.807, 2.05) is 12.1 Å². The highest BCUT2D eigenvalue weighted by molar-refractivity contribution is 5.87. The van der Waals surface area contributed by atoms with E-state index in [0.29, 0.717) is 23.2 Å². The Labute approximate surface area is 150 Å². The van der Waals surface area contributed by atoms with E-state index in [2.05, 4.69) is 10.3 Å². The molecule has 0 aliphatic heterocycles. The van der Waals surface area contributed by atoms with Crippen molar-refractivity contribution in [2.24, 2.45) is 0 Å². The topological polar surface area (TPSA) is 106 Å². The third-order valence-corrected chi connectivity index (χ3v) is 4.47. The van der Waals surface area contributed by atoms with Crippen molar-refractivity contribution in [1.82, 2.24) is 10.3 Å². The summed E-state index contributed by atoms with van der Waals surface area (Å²) in [7, 11) is 0. The highest BCUT2D eigenvalue weighted by atomic mass is 16.3. The lowest BCUT2D eigenvalue weighted by atomic mass is 10.0. The largest absolute Gasteiger partial charge is 0.508 e. The van der Waals surface area contributed by atoms with Crippen LogP contribution in [-0.4, -0.2) is 33.5 Å². The average Bonchev–Trinajstić information content (AvgIpc) is 2.64. The van der Waals surface area contributed by atoms with Gasteiger partial charge in [0.25, 0.3) is 0 Å². The molecule has 1 unspecified atom stereocenters. The summed E-state index contributed by atoms with van der Waals surface area (Å²) < 4.78 is 0. The molecule has 136 valence electrons. The summed E-state index contributed by atoms with van der Waals surface area (Å²) in [6.07, 6.45) is 1.52. The van der Waals surface area contributed by atoms with Gasteiger partial charge in [-0.3, -0.25) is 4.79 Å². The summed E-state index contributed by atoms with van der Waals surface area (Å²) in [5.74, 6) is 0.289. The second kappa shape index (κ2) is 8.03. The molecule has 0 bridgehead atoms. The first kappa shape index (κ1) is 18.0. The fraction of sp³-hybridized carbons (Fsp3) is 0.250. The number of pyridine rings is 1. The normalized spacial score (nSPS) is 12.3. The Morgan fingerprint density at radius 3 is 2.58 bits per heavy atom. The van der Waals surface area contributed by atoms with Crippen LogP contribution in [0.2, 0.25) is 0 Å². The number of nitrogens with one attached hydrogen (secondary N) is 2. The SMILES string of the molecule is O=c1ccc2c(C(CO)NCCCc3ccccc3O)ccc(O)c2[nH]1. The van der Waals surface area contributed by atoms with Crippen molar-refractivity contribution >= 4 is 10.9 Å². The van der Waals surface area contributed by atoms with Crippen LogP contribution in [0.4, 0.5) is 0 Å². The van der Waals surface area contributed by atoms with Crippen molar-refractivity contribution in [1.29, 1.82) is 0 Å². The maximum absolute atomic E-state index is 11.5. The fourth-order valence-electron chi connectivity index (χ4n) is 3.11. The number of aliphatic hydroxyl groups is 1. The van der Waals surface area contributed by atoms with E-state index < -0.39 is 0 Å². The number of phenolic OH excluding ortho intramolecular Hbond substituents is 2. The van der Waals surface area contributed by atoms with Gasteiger partial charge in [0.1, 0.15) is 11.5 Å².